The van der Waals surface area contributed by atoms with Crippen molar-refractivity contribution in [3.05, 3.63) is 83.4 Å². The minimum Gasteiger partial charge on any atom is -0.493 e. The van der Waals surface area contributed by atoms with Crippen LogP contribution in [-0.2, 0) is 0 Å². The number of fused-ring (bicyclic) bond motifs is 1. The largest absolute Gasteiger partial charge is 0.493 e. The van der Waals surface area contributed by atoms with Crippen molar-refractivity contribution in [2.24, 2.45) is 0 Å². The molecule has 4 N–H and O–H groups in total. The van der Waals surface area contributed by atoms with Crippen LogP contribution in [-0.4, -0.2) is 42.2 Å². The first kappa shape index (κ1) is 28.9. The maximum atomic E-state index is 13.1. The van der Waals surface area contributed by atoms with Gasteiger partial charge in [0.25, 0.3) is 5.91 Å². The lowest BCUT2D eigenvalue weighted by Gasteiger charge is -2.14. The summed E-state index contributed by atoms with van der Waals surface area (Å²) in [7, 11) is 4.68. The molecule has 10 nitrogen and oxygen atoms in total. The Morgan fingerprint density at radius 1 is 0.864 bits per heavy atom. The summed E-state index contributed by atoms with van der Waals surface area (Å²) in [5.41, 5.74) is 11.6. The number of methoxy groups -OCH3 is 3. The Morgan fingerprint density at radius 2 is 1.66 bits per heavy atom. The summed E-state index contributed by atoms with van der Waals surface area (Å²) >= 11 is 2.84. The van der Waals surface area contributed by atoms with Gasteiger partial charge in [-0.05, 0) is 43.3 Å². The Labute approximate surface area is 261 Å². The number of amides is 1. The molecule has 12 heteroatoms. The fraction of sp³-hybridized carbons (Fsp3) is 0.125. The molecule has 0 aliphatic carbocycles. The maximum Gasteiger partial charge on any atom is 0.255 e. The average molecular weight is 625 g/mol. The van der Waals surface area contributed by atoms with Crippen molar-refractivity contribution in [3.8, 4) is 38.4 Å². The van der Waals surface area contributed by atoms with Gasteiger partial charge in [-0.1, -0.05) is 29.5 Å². The number of aryl methyl sites for hydroxylation is 1. The van der Waals surface area contributed by atoms with E-state index in [-0.39, 0.29) is 5.91 Å². The molecule has 0 radical (unpaired) electrons. The van der Waals surface area contributed by atoms with Crippen molar-refractivity contribution in [2.45, 2.75) is 6.92 Å². The van der Waals surface area contributed by atoms with E-state index < -0.39 is 0 Å². The molecule has 3 aromatic heterocycles. The molecule has 0 aliphatic rings. The number of ether oxygens (including phenoxy) is 3. The first-order chi connectivity index (χ1) is 21.3. The van der Waals surface area contributed by atoms with Crippen molar-refractivity contribution < 1.29 is 19.0 Å². The van der Waals surface area contributed by atoms with E-state index in [9.17, 15) is 4.79 Å². The summed E-state index contributed by atoms with van der Waals surface area (Å²) in [5, 5.41) is 10.5. The quantitative estimate of drug-likeness (QED) is 0.150. The van der Waals surface area contributed by atoms with Crippen LogP contribution in [0.3, 0.4) is 0 Å². The summed E-state index contributed by atoms with van der Waals surface area (Å²) < 4.78 is 16.3. The molecule has 0 unspecified atom stereocenters. The normalized spacial score (nSPS) is 10.9. The Balaban J connectivity index is 1.20. The van der Waals surface area contributed by atoms with Crippen molar-refractivity contribution in [1.82, 2.24) is 15.0 Å². The Kier molecular flexibility index (Phi) is 8.01. The molecule has 6 rings (SSSR count). The van der Waals surface area contributed by atoms with E-state index in [1.165, 1.54) is 22.7 Å². The molecule has 222 valence electrons. The van der Waals surface area contributed by atoms with E-state index in [0.29, 0.717) is 45.1 Å². The molecule has 0 aliphatic heterocycles. The van der Waals surface area contributed by atoms with Gasteiger partial charge in [0.2, 0.25) is 5.75 Å². The van der Waals surface area contributed by atoms with E-state index in [1.807, 2.05) is 60.8 Å². The number of thiazole rings is 2. The van der Waals surface area contributed by atoms with E-state index >= 15 is 0 Å². The number of benzene rings is 3. The van der Waals surface area contributed by atoms with Gasteiger partial charge >= 0.3 is 0 Å². The second-order valence-electron chi connectivity index (χ2n) is 9.71. The zero-order valence-electron chi connectivity index (χ0n) is 24.3. The van der Waals surface area contributed by atoms with Crippen LogP contribution in [0.1, 0.15) is 16.1 Å². The molecule has 0 fully saturated rings. The highest BCUT2D eigenvalue weighted by atomic mass is 32.1. The number of nitrogens with zero attached hydrogens (tertiary/aromatic N) is 3. The van der Waals surface area contributed by atoms with Crippen molar-refractivity contribution in [1.29, 1.82) is 0 Å². The van der Waals surface area contributed by atoms with Crippen LogP contribution in [0.15, 0.2) is 72.1 Å². The predicted molar refractivity (Wildman–Crippen MR) is 177 cm³/mol. The second-order valence-corrected chi connectivity index (χ2v) is 11.6. The van der Waals surface area contributed by atoms with Crippen LogP contribution in [0, 0.1) is 6.92 Å². The molecule has 0 atom stereocenters. The van der Waals surface area contributed by atoms with Crippen LogP contribution in [0.2, 0.25) is 0 Å². The summed E-state index contributed by atoms with van der Waals surface area (Å²) in [6.45, 7) is 1.95. The van der Waals surface area contributed by atoms with Gasteiger partial charge in [-0.3, -0.25) is 9.78 Å². The number of nitrogens with two attached hydrogens (primary N) is 1. The van der Waals surface area contributed by atoms with Crippen LogP contribution < -0.4 is 30.6 Å². The number of hydrogen-bond acceptors (Lipinski definition) is 11. The number of hydrogen-bond donors (Lipinski definition) is 3. The highest BCUT2D eigenvalue weighted by molar-refractivity contribution is 7.23. The van der Waals surface area contributed by atoms with E-state index in [4.69, 9.17) is 24.9 Å². The number of carbonyl (C=O) groups is 1. The highest BCUT2D eigenvalue weighted by Crippen LogP contribution is 2.43. The van der Waals surface area contributed by atoms with Gasteiger partial charge in [-0.2, -0.15) is 0 Å². The smallest absolute Gasteiger partial charge is 0.255 e. The van der Waals surface area contributed by atoms with E-state index in [1.54, 1.807) is 39.5 Å². The van der Waals surface area contributed by atoms with Gasteiger partial charge in [-0.25, -0.2) is 9.97 Å². The third-order valence-electron chi connectivity index (χ3n) is 6.77. The van der Waals surface area contributed by atoms with Gasteiger partial charge < -0.3 is 30.6 Å². The van der Waals surface area contributed by atoms with Crippen LogP contribution in [0.25, 0.3) is 32.0 Å². The number of aromatic nitrogens is 3. The fourth-order valence-electron chi connectivity index (χ4n) is 4.65. The third-order valence-corrected chi connectivity index (χ3v) is 8.76. The molecule has 1 amide bonds. The number of rotatable bonds is 9. The molecule has 0 saturated carbocycles. The van der Waals surface area contributed by atoms with E-state index in [0.717, 1.165) is 37.7 Å². The molecule has 0 saturated heterocycles. The first-order valence-electron chi connectivity index (χ1n) is 13.4. The number of anilines is 4. The Bertz CT molecular complexity index is 1980. The van der Waals surface area contributed by atoms with Gasteiger partial charge in [0, 0.05) is 51.1 Å². The van der Waals surface area contributed by atoms with Gasteiger partial charge in [0.05, 0.1) is 32.5 Å². The monoisotopic (exact) mass is 624 g/mol. The summed E-state index contributed by atoms with van der Waals surface area (Å²) in [4.78, 5) is 27.7. The third kappa shape index (κ3) is 5.85. The lowest BCUT2D eigenvalue weighted by molar-refractivity contribution is 0.102. The lowest BCUT2D eigenvalue weighted by atomic mass is 10.1. The Morgan fingerprint density at radius 3 is 2.41 bits per heavy atom. The van der Waals surface area contributed by atoms with Gasteiger partial charge in [0.15, 0.2) is 16.6 Å². The molecule has 3 heterocycles. The number of nitrogen functional groups attached to an aromatic ring is 1. The SMILES string of the molecule is COc1cc(Nc2nc(N)c(-c3nc(-c4cccc(C(=O)Nc5ccc6nc(C)ccc6c5)c4)cs3)s2)cc(OC)c1OC. The standard InChI is InChI=1S/C32H28N6O4S2/c1-17-8-9-19-13-21(10-11-23(19)34-17)35-30(39)20-7-5-6-18(12-20)24-16-43-31(37-24)28-29(33)38-32(44-28)36-22-14-25(40-2)27(42-4)26(15-22)41-3/h5-16H,33H2,1-4H3,(H,35,39)(H,36,38). The lowest BCUT2D eigenvalue weighted by Crippen LogP contribution is -2.11. The maximum absolute atomic E-state index is 13.1. The van der Waals surface area contributed by atoms with Gasteiger partial charge in [-0.15, -0.1) is 11.3 Å². The molecule has 3 aromatic carbocycles. The molecule has 44 heavy (non-hydrogen) atoms. The summed E-state index contributed by atoms with van der Waals surface area (Å²) in [5.74, 6) is 1.68. The summed E-state index contributed by atoms with van der Waals surface area (Å²) in [6, 6.07) is 20.6. The predicted octanol–water partition coefficient (Wildman–Crippen LogP) is 7.39. The Hall–Kier alpha value is -5.20. The number of carbonyl (C=O) groups excluding carboxylic acids is 1. The first-order valence-corrected chi connectivity index (χ1v) is 15.1. The average Bonchev–Trinajstić information content (AvgIpc) is 3.67. The van der Waals surface area contributed by atoms with Crippen LogP contribution >= 0.6 is 22.7 Å². The number of nitrogens with one attached hydrogen (secondary N) is 2. The molecule has 0 spiro atoms. The second kappa shape index (κ2) is 12.2. The minimum absolute atomic E-state index is 0.212. The highest BCUT2D eigenvalue weighted by Gasteiger charge is 2.18. The van der Waals surface area contributed by atoms with Crippen molar-refractivity contribution >= 4 is 61.8 Å². The van der Waals surface area contributed by atoms with Gasteiger partial charge in [0.1, 0.15) is 15.7 Å². The minimum atomic E-state index is -0.212. The zero-order valence-corrected chi connectivity index (χ0v) is 25.9. The van der Waals surface area contributed by atoms with Crippen molar-refractivity contribution in [2.75, 3.05) is 37.7 Å². The fourth-order valence-corrected chi connectivity index (χ4v) is 6.49. The molecule has 6 aromatic rings. The summed E-state index contributed by atoms with van der Waals surface area (Å²) in [6.07, 6.45) is 0. The number of pyridine rings is 1. The zero-order chi connectivity index (χ0) is 30.8. The van der Waals surface area contributed by atoms with Crippen LogP contribution in [0.4, 0.5) is 22.3 Å². The van der Waals surface area contributed by atoms with Crippen molar-refractivity contribution in [3.63, 3.8) is 0 Å². The topological polar surface area (TPSA) is 134 Å². The molecular weight excluding hydrogens is 597 g/mol. The molecule has 0 bridgehead atoms. The molecular formula is C32H28N6O4S2. The van der Waals surface area contributed by atoms with Crippen LogP contribution in [0.5, 0.6) is 17.2 Å². The van der Waals surface area contributed by atoms with E-state index in [2.05, 4.69) is 20.6 Å².